The Morgan fingerprint density at radius 2 is 1.03 bits per heavy atom. The minimum Gasteiger partial charge on any atom is -1.00 e. The molecule has 32 heavy (non-hydrogen) atoms. The second-order valence-electron chi connectivity index (χ2n) is 9.58. The van der Waals surface area contributed by atoms with Crippen molar-refractivity contribution in [3.63, 3.8) is 0 Å². The third-order valence-corrected chi connectivity index (χ3v) is 14.2. The largest absolute Gasteiger partial charge is 1.00 e. The molecule has 0 nitrogen and oxygen atoms in total. The van der Waals surface area contributed by atoms with Gasteiger partial charge >= 0.3 is 0 Å². The highest BCUT2D eigenvalue weighted by Gasteiger charge is 2.49. The number of rotatable bonds is 4. The molecule has 4 aromatic carbocycles. The van der Waals surface area contributed by atoms with Crippen LogP contribution in [0.2, 0.25) is 0 Å². The molecule has 0 fully saturated rings. The standard InChI is InChI=1S/C30H34P.BrH/c1-5-21(3)31(22(4)6-2)19-25-17-15-23-11-7-9-13-27(23)29(25)30-26(20-31)18-16-24-12-8-10-14-28(24)30;/h7-18,21-22H,5-6,19-20H2,1-4H3;1H/q+1;/p-1. The van der Waals surface area contributed by atoms with Crippen LogP contribution in [0.5, 0.6) is 0 Å². The molecule has 2 atom stereocenters. The summed E-state index contributed by atoms with van der Waals surface area (Å²) in [5.74, 6) is 0. The lowest BCUT2D eigenvalue weighted by Gasteiger charge is -2.37. The first-order valence-electron chi connectivity index (χ1n) is 12.0. The third kappa shape index (κ3) is 3.63. The quantitative estimate of drug-likeness (QED) is 0.286. The lowest BCUT2D eigenvalue weighted by atomic mass is 9.88. The highest BCUT2D eigenvalue weighted by atomic mass is 79.9. The van der Waals surface area contributed by atoms with Crippen molar-refractivity contribution in [3.05, 3.63) is 83.9 Å². The van der Waals surface area contributed by atoms with Gasteiger partial charge in [0.25, 0.3) is 0 Å². The van der Waals surface area contributed by atoms with Crippen molar-refractivity contribution in [1.29, 1.82) is 0 Å². The van der Waals surface area contributed by atoms with Crippen molar-refractivity contribution in [1.82, 2.24) is 0 Å². The fourth-order valence-electron chi connectivity index (χ4n) is 5.96. The number of hydrogen-bond donors (Lipinski definition) is 0. The molecular weight excluding hydrogens is 471 g/mol. The molecule has 0 radical (unpaired) electrons. The van der Waals surface area contributed by atoms with E-state index in [4.69, 9.17) is 0 Å². The maximum Gasteiger partial charge on any atom is 0.0857 e. The molecule has 0 aromatic heterocycles. The molecule has 1 heterocycles. The third-order valence-electron chi connectivity index (χ3n) is 8.15. The van der Waals surface area contributed by atoms with Gasteiger partial charge in [-0.2, -0.15) is 0 Å². The molecule has 2 unspecified atom stereocenters. The maximum atomic E-state index is 2.55. The lowest BCUT2D eigenvalue weighted by molar-refractivity contribution is -0.00000631. The number of benzene rings is 4. The minimum atomic E-state index is -1.24. The van der Waals surface area contributed by atoms with Crippen LogP contribution in [0, 0.1) is 0 Å². The van der Waals surface area contributed by atoms with Crippen molar-refractivity contribution in [3.8, 4) is 11.1 Å². The normalized spacial score (nSPS) is 16.5. The monoisotopic (exact) mass is 504 g/mol. The van der Waals surface area contributed by atoms with Gasteiger partial charge in [0.15, 0.2) is 0 Å². The second kappa shape index (κ2) is 9.28. The molecule has 1 aliphatic rings. The first kappa shape index (κ1) is 23.5. The van der Waals surface area contributed by atoms with Crippen LogP contribution in [0.15, 0.2) is 72.8 Å². The Morgan fingerprint density at radius 1 is 0.625 bits per heavy atom. The predicted octanol–water partition coefficient (Wildman–Crippen LogP) is 6.29. The molecule has 0 saturated heterocycles. The molecule has 1 aliphatic heterocycles. The zero-order valence-corrected chi connectivity index (χ0v) is 22.2. The fourth-order valence-corrected chi connectivity index (χ4v) is 11.4. The van der Waals surface area contributed by atoms with Crippen molar-refractivity contribution in [2.24, 2.45) is 0 Å². The van der Waals surface area contributed by atoms with Gasteiger partial charge in [0.2, 0.25) is 0 Å². The smallest absolute Gasteiger partial charge is 0.0857 e. The summed E-state index contributed by atoms with van der Waals surface area (Å²) in [6.45, 7) is 9.91. The van der Waals surface area contributed by atoms with E-state index in [2.05, 4.69) is 100 Å². The average Bonchev–Trinajstić information content (AvgIpc) is 2.98. The van der Waals surface area contributed by atoms with Crippen molar-refractivity contribution in [2.45, 2.75) is 64.2 Å². The van der Waals surface area contributed by atoms with Crippen molar-refractivity contribution in [2.75, 3.05) is 0 Å². The van der Waals surface area contributed by atoms with Gasteiger partial charge < -0.3 is 17.0 Å². The summed E-state index contributed by atoms with van der Waals surface area (Å²) in [7, 11) is -1.24. The summed E-state index contributed by atoms with van der Waals surface area (Å²) in [5, 5.41) is 5.56. The number of halogens is 1. The van der Waals surface area contributed by atoms with Crippen LogP contribution in [0.25, 0.3) is 32.7 Å². The predicted molar refractivity (Wildman–Crippen MR) is 141 cm³/mol. The summed E-state index contributed by atoms with van der Waals surface area (Å²) in [4.78, 5) is 0. The Labute approximate surface area is 204 Å². The fraction of sp³-hybridized carbons (Fsp3) is 0.333. The van der Waals surface area contributed by atoms with Gasteiger partial charge in [0.05, 0.1) is 23.6 Å². The Hall–Kier alpha value is -1.69. The number of fused-ring (bicyclic) bond motifs is 7. The van der Waals surface area contributed by atoms with Crippen LogP contribution in [0.1, 0.15) is 51.7 Å². The van der Waals surface area contributed by atoms with Gasteiger partial charge in [-0.05, 0) is 70.5 Å². The van der Waals surface area contributed by atoms with Crippen molar-refractivity contribution < 1.29 is 17.0 Å². The van der Waals surface area contributed by atoms with E-state index in [9.17, 15) is 0 Å². The first-order chi connectivity index (χ1) is 15.1. The van der Waals surface area contributed by atoms with E-state index in [1.165, 1.54) is 57.8 Å². The molecule has 4 aromatic rings. The molecule has 0 amide bonds. The first-order valence-corrected chi connectivity index (χ1v) is 14.3. The molecule has 0 N–H and O–H groups in total. The van der Waals surface area contributed by atoms with Gasteiger partial charge in [-0.25, -0.2) is 0 Å². The van der Waals surface area contributed by atoms with Crippen molar-refractivity contribution >= 4 is 28.8 Å². The van der Waals surface area contributed by atoms with Gasteiger partial charge in [0.1, 0.15) is 0 Å². The molecule has 0 spiro atoms. The molecule has 166 valence electrons. The summed E-state index contributed by atoms with van der Waals surface area (Å²) in [5.41, 5.74) is 7.78. The lowest BCUT2D eigenvalue weighted by Crippen LogP contribution is -3.00. The van der Waals surface area contributed by atoms with Crippen LogP contribution in [0.3, 0.4) is 0 Å². The Bertz CT molecular complexity index is 1160. The molecule has 2 heteroatoms. The topological polar surface area (TPSA) is 0 Å². The highest BCUT2D eigenvalue weighted by molar-refractivity contribution is 7.75. The van der Waals surface area contributed by atoms with E-state index in [-0.39, 0.29) is 17.0 Å². The Morgan fingerprint density at radius 3 is 1.44 bits per heavy atom. The van der Waals surface area contributed by atoms with Crippen LogP contribution in [0.4, 0.5) is 0 Å². The summed E-state index contributed by atoms with van der Waals surface area (Å²) in [6.07, 6.45) is 5.12. The molecule has 0 bridgehead atoms. The van der Waals surface area contributed by atoms with Gasteiger partial charge in [-0.1, -0.05) is 86.6 Å². The Balaban J connectivity index is 0.00000245. The zero-order chi connectivity index (χ0) is 21.6. The highest BCUT2D eigenvalue weighted by Crippen LogP contribution is 2.74. The van der Waals surface area contributed by atoms with Crippen LogP contribution >= 0.6 is 7.26 Å². The van der Waals surface area contributed by atoms with Crippen LogP contribution < -0.4 is 17.0 Å². The maximum absolute atomic E-state index is 2.55. The van der Waals surface area contributed by atoms with E-state index in [1.54, 1.807) is 11.1 Å². The molecule has 0 aliphatic carbocycles. The SMILES string of the molecule is CCC(C)[P+]1(C(C)CC)Cc2ccc3ccccc3c2-c2c(ccc3ccccc23)C1.[Br-]. The summed E-state index contributed by atoms with van der Waals surface area (Å²) >= 11 is 0. The van der Waals surface area contributed by atoms with E-state index < -0.39 is 7.26 Å². The van der Waals surface area contributed by atoms with E-state index in [0.29, 0.717) is 0 Å². The second-order valence-corrected chi connectivity index (χ2v) is 14.2. The Kier molecular flexibility index (Phi) is 6.81. The van der Waals surface area contributed by atoms with Gasteiger partial charge in [-0.3, -0.25) is 0 Å². The molecular formula is C30H34BrP. The average molecular weight is 505 g/mol. The molecule has 0 saturated carbocycles. The van der Waals surface area contributed by atoms with E-state index in [0.717, 1.165) is 11.3 Å². The molecule has 5 rings (SSSR count). The van der Waals surface area contributed by atoms with E-state index in [1.807, 2.05) is 0 Å². The van der Waals surface area contributed by atoms with Gasteiger partial charge in [-0.15, -0.1) is 0 Å². The summed E-state index contributed by atoms with van der Waals surface area (Å²) in [6, 6.07) is 27.7. The summed E-state index contributed by atoms with van der Waals surface area (Å²) < 4.78 is 0. The van der Waals surface area contributed by atoms with Crippen LogP contribution in [-0.4, -0.2) is 11.3 Å². The van der Waals surface area contributed by atoms with Gasteiger partial charge in [0, 0.05) is 7.26 Å². The number of hydrogen-bond acceptors (Lipinski definition) is 0. The minimum absolute atomic E-state index is 0. The van der Waals surface area contributed by atoms with Crippen LogP contribution in [-0.2, 0) is 12.3 Å². The zero-order valence-electron chi connectivity index (χ0n) is 19.7. The van der Waals surface area contributed by atoms with E-state index >= 15 is 0 Å².